The van der Waals surface area contributed by atoms with Gasteiger partial charge in [0.1, 0.15) is 0 Å². The summed E-state index contributed by atoms with van der Waals surface area (Å²) in [6.45, 7) is 5.88. The van der Waals surface area contributed by atoms with Gasteiger partial charge >= 0.3 is 0 Å². The molecule has 2 N–H and O–H groups in total. The lowest BCUT2D eigenvalue weighted by Crippen LogP contribution is -2.42. The van der Waals surface area contributed by atoms with Crippen molar-refractivity contribution in [3.05, 3.63) is 60.2 Å². The lowest BCUT2D eigenvalue weighted by molar-refractivity contribution is -0.126. The Morgan fingerprint density at radius 2 is 1.79 bits per heavy atom. The molecular weight excluding hydrogens is 414 g/mol. The topological polar surface area (TPSA) is 74.4 Å². The Morgan fingerprint density at radius 1 is 1.06 bits per heavy atom. The fraction of sp³-hybridized carbons (Fsp3) is 0.407. The molecule has 4 rings (SSSR count). The highest BCUT2D eigenvalue weighted by atomic mass is 16.5. The third-order valence-electron chi connectivity index (χ3n) is 6.34. The fourth-order valence-electron chi connectivity index (χ4n) is 4.56. The minimum Gasteiger partial charge on any atom is -0.382 e. The van der Waals surface area contributed by atoms with Crippen LogP contribution in [0.2, 0.25) is 0 Å². The van der Waals surface area contributed by atoms with Crippen molar-refractivity contribution in [2.45, 2.75) is 26.2 Å². The number of aromatic nitrogens is 1. The lowest BCUT2D eigenvalue weighted by atomic mass is 9.95. The van der Waals surface area contributed by atoms with E-state index in [2.05, 4.69) is 15.2 Å². The summed E-state index contributed by atoms with van der Waals surface area (Å²) in [5.74, 6) is 0.266. The Balaban J connectivity index is 1.38. The number of hydrogen-bond donors (Lipinski definition) is 2. The molecule has 0 bridgehead atoms. The summed E-state index contributed by atoms with van der Waals surface area (Å²) in [5, 5.41) is 3.99. The Labute approximate surface area is 195 Å². The molecule has 1 saturated heterocycles. The van der Waals surface area contributed by atoms with Crippen LogP contribution in [-0.4, -0.2) is 61.0 Å². The number of para-hydroxylation sites is 1. The van der Waals surface area contributed by atoms with Crippen LogP contribution in [0.4, 0.5) is 0 Å². The number of carbonyl (C=O) groups is 2. The second kappa shape index (κ2) is 11.3. The first-order valence-corrected chi connectivity index (χ1v) is 11.9. The number of benzene rings is 2. The van der Waals surface area contributed by atoms with Crippen LogP contribution in [0.3, 0.4) is 0 Å². The second-order valence-electron chi connectivity index (χ2n) is 8.60. The maximum atomic E-state index is 13.5. The molecule has 0 aliphatic carbocycles. The van der Waals surface area contributed by atoms with Gasteiger partial charge in [-0.3, -0.25) is 14.5 Å². The summed E-state index contributed by atoms with van der Waals surface area (Å²) in [6, 6.07) is 18.0. The van der Waals surface area contributed by atoms with Crippen molar-refractivity contribution >= 4 is 22.6 Å². The highest BCUT2D eigenvalue weighted by molar-refractivity contribution is 6.14. The van der Waals surface area contributed by atoms with Crippen molar-refractivity contribution in [1.82, 2.24) is 15.2 Å². The zero-order chi connectivity index (χ0) is 23.0. The van der Waals surface area contributed by atoms with Crippen molar-refractivity contribution in [3.8, 4) is 11.3 Å². The van der Waals surface area contributed by atoms with Gasteiger partial charge in [-0.2, -0.15) is 0 Å². The Bertz CT molecular complexity index is 1070. The normalized spacial score (nSPS) is 15.1. The molecule has 1 aliphatic rings. The molecule has 33 heavy (non-hydrogen) atoms. The number of amides is 1. The molecule has 6 heteroatoms. The lowest BCUT2D eigenvalue weighted by Gasteiger charge is -2.30. The van der Waals surface area contributed by atoms with Crippen molar-refractivity contribution in [1.29, 1.82) is 0 Å². The zero-order valence-electron chi connectivity index (χ0n) is 19.3. The standard InChI is InChI=1S/C27H33N3O3/c1-2-33-18-8-15-28-27(32)21-13-16-30(17-14-21)19-24(31)25-22-11-6-7-12-23(22)29-26(25)20-9-4-3-5-10-20/h3-7,9-12,21,29H,2,8,13-19H2,1H3,(H,28,32). The Hall–Kier alpha value is -2.96. The molecule has 0 spiro atoms. The van der Waals surface area contributed by atoms with Crippen molar-refractivity contribution in [2.75, 3.05) is 39.4 Å². The number of Topliss-reactive ketones (excluding diaryl/α,β-unsaturated/α-hetero) is 1. The minimum atomic E-state index is 0.0245. The molecule has 0 unspecified atom stereocenters. The summed E-state index contributed by atoms with van der Waals surface area (Å²) >= 11 is 0. The molecule has 1 aliphatic heterocycles. The van der Waals surface area contributed by atoms with Crippen LogP contribution in [0.1, 0.15) is 36.5 Å². The third-order valence-corrected chi connectivity index (χ3v) is 6.34. The van der Waals surface area contributed by atoms with E-state index in [-0.39, 0.29) is 17.6 Å². The average molecular weight is 448 g/mol. The summed E-state index contributed by atoms with van der Waals surface area (Å²) in [4.78, 5) is 31.6. The molecule has 0 atom stereocenters. The predicted molar refractivity (Wildman–Crippen MR) is 131 cm³/mol. The van der Waals surface area contributed by atoms with Crippen LogP contribution in [0.15, 0.2) is 54.6 Å². The number of ether oxygens (including phenoxy) is 1. The smallest absolute Gasteiger partial charge is 0.223 e. The first-order chi connectivity index (χ1) is 16.2. The molecule has 1 amide bonds. The van der Waals surface area contributed by atoms with Crippen LogP contribution in [0.5, 0.6) is 0 Å². The second-order valence-corrected chi connectivity index (χ2v) is 8.60. The van der Waals surface area contributed by atoms with Crippen LogP contribution < -0.4 is 5.32 Å². The van der Waals surface area contributed by atoms with Gasteiger partial charge in [-0.05, 0) is 50.9 Å². The van der Waals surface area contributed by atoms with Crippen LogP contribution in [-0.2, 0) is 9.53 Å². The van der Waals surface area contributed by atoms with Crippen LogP contribution in [0, 0.1) is 5.92 Å². The molecule has 174 valence electrons. The first-order valence-electron chi connectivity index (χ1n) is 11.9. The molecule has 6 nitrogen and oxygen atoms in total. The number of aromatic amines is 1. The highest BCUT2D eigenvalue weighted by Crippen LogP contribution is 2.31. The number of H-pyrrole nitrogens is 1. The van der Waals surface area contributed by atoms with Crippen molar-refractivity contribution in [3.63, 3.8) is 0 Å². The predicted octanol–water partition coefficient (Wildman–Crippen LogP) is 4.27. The van der Waals surface area contributed by atoms with Crippen LogP contribution >= 0.6 is 0 Å². The number of ketones is 1. The van der Waals surface area contributed by atoms with E-state index in [1.165, 1.54) is 0 Å². The number of piperidine rings is 1. The van der Waals surface area contributed by atoms with Gasteiger partial charge in [0.25, 0.3) is 0 Å². The quantitative estimate of drug-likeness (QED) is 0.360. The number of likely N-dealkylation sites (tertiary alicyclic amines) is 1. The van der Waals surface area contributed by atoms with E-state index in [1.807, 2.05) is 61.5 Å². The summed E-state index contributed by atoms with van der Waals surface area (Å²) < 4.78 is 5.31. The maximum absolute atomic E-state index is 13.5. The fourth-order valence-corrected chi connectivity index (χ4v) is 4.56. The largest absolute Gasteiger partial charge is 0.382 e. The molecule has 3 aromatic rings. The SMILES string of the molecule is CCOCCCNC(=O)C1CCN(CC(=O)c2c(-c3ccccc3)[nH]c3ccccc23)CC1. The van der Waals surface area contributed by atoms with E-state index in [9.17, 15) is 9.59 Å². The highest BCUT2D eigenvalue weighted by Gasteiger charge is 2.27. The van der Waals surface area contributed by atoms with Gasteiger partial charge in [0.15, 0.2) is 5.78 Å². The van der Waals surface area contributed by atoms with Gasteiger partial charge in [0, 0.05) is 36.6 Å². The first kappa shape index (κ1) is 23.2. The number of carbonyl (C=O) groups excluding carboxylic acids is 2. The van der Waals surface area contributed by atoms with E-state index in [1.54, 1.807) is 0 Å². The monoisotopic (exact) mass is 447 g/mol. The average Bonchev–Trinajstić information content (AvgIpc) is 3.25. The van der Waals surface area contributed by atoms with Crippen molar-refractivity contribution in [2.24, 2.45) is 5.92 Å². The Kier molecular flexibility index (Phi) is 7.92. The van der Waals surface area contributed by atoms with Gasteiger partial charge in [-0.15, -0.1) is 0 Å². The molecular formula is C27H33N3O3. The van der Waals surface area contributed by atoms with E-state index in [0.29, 0.717) is 26.3 Å². The number of hydrogen-bond acceptors (Lipinski definition) is 4. The minimum absolute atomic E-state index is 0.0245. The number of nitrogens with one attached hydrogen (secondary N) is 2. The van der Waals surface area contributed by atoms with Gasteiger partial charge in [0.05, 0.1) is 17.8 Å². The van der Waals surface area contributed by atoms with Gasteiger partial charge in [-0.25, -0.2) is 0 Å². The van der Waals surface area contributed by atoms with Gasteiger partial charge < -0.3 is 15.0 Å². The molecule has 2 aromatic carbocycles. The number of rotatable bonds is 10. The van der Waals surface area contributed by atoms with E-state index >= 15 is 0 Å². The zero-order valence-corrected chi connectivity index (χ0v) is 19.3. The summed E-state index contributed by atoms with van der Waals surface area (Å²) in [6.07, 6.45) is 2.40. The van der Waals surface area contributed by atoms with Crippen molar-refractivity contribution < 1.29 is 14.3 Å². The van der Waals surface area contributed by atoms with E-state index < -0.39 is 0 Å². The third kappa shape index (κ3) is 5.70. The van der Waals surface area contributed by atoms with E-state index in [0.717, 1.165) is 60.1 Å². The van der Waals surface area contributed by atoms with Gasteiger partial charge in [-0.1, -0.05) is 48.5 Å². The van der Waals surface area contributed by atoms with Crippen LogP contribution in [0.25, 0.3) is 22.2 Å². The number of nitrogens with zero attached hydrogens (tertiary/aromatic N) is 1. The maximum Gasteiger partial charge on any atom is 0.223 e. The van der Waals surface area contributed by atoms with E-state index in [4.69, 9.17) is 4.74 Å². The Morgan fingerprint density at radius 3 is 2.55 bits per heavy atom. The molecule has 0 saturated carbocycles. The summed E-state index contributed by atoms with van der Waals surface area (Å²) in [5.41, 5.74) is 3.62. The number of fused-ring (bicyclic) bond motifs is 1. The molecule has 0 radical (unpaired) electrons. The molecule has 1 aromatic heterocycles. The van der Waals surface area contributed by atoms with Gasteiger partial charge in [0.2, 0.25) is 5.91 Å². The molecule has 1 fully saturated rings. The summed E-state index contributed by atoms with van der Waals surface area (Å²) in [7, 11) is 0. The molecule has 2 heterocycles.